The van der Waals surface area contributed by atoms with Crippen LogP contribution in [0.15, 0.2) is 40.1 Å². The van der Waals surface area contributed by atoms with Crippen molar-refractivity contribution in [2.75, 3.05) is 6.26 Å². The number of nitrogens with zero attached hydrogens (tertiary/aromatic N) is 2. The lowest BCUT2D eigenvalue weighted by atomic mass is 10.1. The number of oxime groups is 1. The van der Waals surface area contributed by atoms with Crippen molar-refractivity contribution < 1.29 is 14.7 Å². The van der Waals surface area contributed by atoms with Gasteiger partial charge in [0.1, 0.15) is 5.75 Å². The maximum atomic E-state index is 12.4. The third-order valence-electron chi connectivity index (χ3n) is 3.12. The summed E-state index contributed by atoms with van der Waals surface area (Å²) in [6, 6.07) is 7.39. The lowest BCUT2D eigenvalue weighted by Crippen LogP contribution is -2.49. The van der Waals surface area contributed by atoms with Crippen molar-refractivity contribution in [2.45, 2.75) is 24.8 Å². The van der Waals surface area contributed by atoms with Crippen molar-refractivity contribution in [2.24, 2.45) is 5.16 Å². The zero-order valence-electron chi connectivity index (χ0n) is 13.5. The topological polar surface area (TPSA) is 83.8 Å². The maximum Gasteiger partial charge on any atom is 0.272 e. The number of carbonyl (C=O) groups excluding carboxylic acids is 1. The van der Waals surface area contributed by atoms with Gasteiger partial charge in [0, 0.05) is 16.1 Å². The molecule has 2 aromatic rings. The molecule has 1 atom stereocenters. The minimum Gasteiger partial charge on any atom is -0.470 e. The highest BCUT2D eigenvalue weighted by Gasteiger charge is 2.26. The molecule has 1 unspecified atom stereocenters. The molecule has 0 bridgehead atoms. The van der Waals surface area contributed by atoms with Crippen molar-refractivity contribution in [3.63, 3.8) is 0 Å². The number of benzene rings is 1. The first kappa shape index (κ1) is 18.5. The number of hydrogen-bond donors (Lipinski definition) is 2. The van der Waals surface area contributed by atoms with Crippen molar-refractivity contribution in [3.05, 3.63) is 34.9 Å². The molecule has 2 rings (SSSR count). The molecule has 2 N–H and O–H groups in total. The molecule has 0 aliphatic carbocycles. The number of thioether (sulfide) groups is 1. The van der Waals surface area contributed by atoms with Crippen LogP contribution in [0, 0.1) is 0 Å². The Balaban J connectivity index is 2.16. The Hall–Kier alpha value is -1.80. The Kier molecular flexibility index (Phi) is 6.06. The van der Waals surface area contributed by atoms with E-state index in [1.165, 1.54) is 18.0 Å². The van der Waals surface area contributed by atoms with E-state index in [4.69, 9.17) is 9.94 Å². The Morgan fingerprint density at radius 1 is 1.50 bits per heavy atom. The maximum absolute atomic E-state index is 12.4. The van der Waals surface area contributed by atoms with Gasteiger partial charge in [-0.3, -0.25) is 9.78 Å². The summed E-state index contributed by atoms with van der Waals surface area (Å²) in [5, 5.41) is 15.3. The van der Waals surface area contributed by atoms with Crippen LogP contribution in [0.2, 0.25) is 0 Å². The van der Waals surface area contributed by atoms with Crippen LogP contribution in [0.25, 0.3) is 10.9 Å². The summed E-state index contributed by atoms with van der Waals surface area (Å²) >= 11 is 4.66. The van der Waals surface area contributed by atoms with E-state index in [-0.39, 0.29) is 5.91 Å². The normalized spacial score (nSPS) is 13.2. The quantitative estimate of drug-likeness (QED) is 0.329. The molecule has 24 heavy (non-hydrogen) atoms. The number of halogens is 1. The monoisotopic (exact) mass is 411 g/mol. The number of nitrogens with one attached hydrogen (secondary N) is 1. The largest absolute Gasteiger partial charge is 0.470 e. The number of ether oxygens (including phenoxy) is 1. The number of hydrogen-bond acceptors (Lipinski definition) is 6. The minimum absolute atomic E-state index is 0.306. The van der Waals surface area contributed by atoms with Gasteiger partial charge in [-0.05, 0) is 60.3 Å². The lowest BCUT2D eigenvalue weighted by molar-refractivity contribution is -0.125. The molecule has 0 saturated heterocycles. The standard InChI is InChI=1S/C16H18BrN3O3S/c1-16(2,9-19-22)20-14(21)15(24-3)23-12-4-5-13-10(7-12)6-11(17)8-18-13/h4-9,15,22H,1-3H3,(H,20,21)/b19-9+. The molecule has 0 spiro atoms. The first-order chi connectivity index (χ1) is 11.3. The smallest absolute Gasteiger partial charge is 0.272 e. The van der Waals surface area contributed by atoms with Crippen LogP contribution < -0.4 is 10.1 Å². The molecule has 0 fully saturated rings. The van der Waals surface area contributed by atoms with E-state index in [2.05, 4.69) is 31.4 Å². The average molecular weight is 412 g/mol. The summed E-state index contributed by atoms with van der Waals surface area (Å²) in [6.45, 7) is 3.45. The van der Waals surface area contributed by atoms with Crippen LogP contribution in [-0.4, -0.2) is 39.5 Å². The summed E-state index contributed by atoms with van der Waals surface area (Å²) < 4.78 is 6.67. The summed E-state index contributed by atoms with van der Waals surface area (Å²) in [5.41, 5.74) is -0.661. The van der Waals surface area contributed by atoms with Gasteiger partial charge in [0.05, 0.1) is 17.3 Å². The van der Waals surface area contributed by atoms with E-state index in [0.717, 1.165) is 15.4 Å². The number of carbonyl (C=O) groups is 1. The molecule has 128 valence electrons. The number of pyridine rings is 1. The number of aromatic nitrogens is 1. The van der Waals surface area contributed by atoms with E-state index in [9.17, 15) is 4.79 Å². The van der Waals surface area contributed by atoms with Gasteiger partial charge in [-0.2, -0.15) is 0 Å². The lowest BCUT2D eigenvalue weighted by Gasteiger charge is -2.24. The highest BCUT2D eigenvalue weighted by atomic mass is 79.9. The van der Waals surface area contributed by atoms with Gasteiger partial charge in [-0.15, -0.1) is 11.8 Å². The van der Waals surface area contributed by atoms with Crippen LogP contribution in [-0.2, 0) is 4.79 Å². The van der Waals surface area contributed by atoms with Crippen LogP contribution in [0.3, 0.4) is 0 Å². The molecule has 1 aromatic heterocycles. The van der Waals surface area contributed by atoms with Gasteiger partial charge in [0.15, 0.2) is 0 Å². The van der Waals surface area contributed by atoms with E-state index in [0.29, 0.717) is 5.75 Å². The molecule has 0 saturated carbocycles. The van der Waals surface area contributed by atoms with Crippen molar-refractivity contribution in [1.82, 2.24) is 10.3 Å². The number of rotatable bonds is 6. The first-order valence-corrected chi connectivity index (χ1v) is 9.18. The zero-order chi connectivity index (χ0) is 17.7. The molecule has 0 aliphatic rings. The first-order valence-electron chi connectivity index (χ1n) is 7.10. The summed E-state index contributed by atoms with van der Waals surface area (Å²) in [5.74, 6) is 0.269. The Morgan fingerprint density at radius 3 is 2.92 bits per heavy atom. The number of amides is 1. The molecule has 1 amide bonds. The Bertz CT molecular complexity index is 767. The van der Waals surface area contributed by atoms with Crippen LogP contribution in [0.1, 0.15) is 13.8 Å². The molecule has 1 heterocycles. The van der Waals surface area contributed by atoms with E-state index < -0.39 is 11.0 Å². The van der Waals surface area contributed by atoms with E-state index in [1.54, 1.807) is 32.4 Å². The Morgan fingerprint density at radius 2 is 2.25 bits per heavy atom. The SMILES string of the molecule is CSC(Oc1ccc2ncc(Br)cc2c1)C(=O)NC(C)(C)/C=N/O. The van der Waals surface area contributed by atoms with E-state index >= 15 is 0 Å². The van der Waals surface area contributed by atoms with Crippen LogP contribution >= 0.6 is 27.7 Å². The van der Waals surface area contributed by atoms with Crippen LogP contribution in [0.4, 0.5) is 0 Å². The molecule has 8 heteroatoms. The van der Waals surface area contributed by atoms with Gasteiger partial charge in [-0.1, -0.05) is 5.16 Å². The molecule has 0 aliphatic heterocycles. The zero-order valence-corrected chi connectivity index (χ0v) is 15.9. The molecule has 0 radical (unpaired) electrons. The fourth-order valence-corrected chi connectivity index (χ4v) is 2.87. The van der Waals surface area contributed by atoms with Crippen LogP contribution in [0.5, 0.6) is 5.75 Å². The fourth-order valence-electron chi connectivity index (χ4n) is 2.04. The second-order valence-electron chi connectivity index (χ2n) is 5.65. The molecule has 6 nitrogen and oxygen atoms in total. The van der Waals surface area contributed by atoms with Crippen molar-refractivity contribution in [3.8, 4) is 5.75 Å². The Labute approximate surface area is 152 Å². The highest BCUT2D eigenvalue weighted by molar-refractivity contribution is 9.10. The third kappa shape index (κ3) is 4.85. The molecule has 1 aromatic carbocycles. The van der Waals surface area contributed by atoms with Gasteiger partial charge >= 0.3 is 0 Å². The minimum atomic E-state index is -0.776. The summed E-state index contributed by atoms with van der Waals surface area (Å²) in [7, 11) is 0. The highest BCUT2D eigenvalue weighted by Crippen LogP contribution is 2.24. The second-order valence-corrected chi connectivity index (χ2v) is 7.46. The van der Waals surface area contributed by atoms with Crippen molar-refractivity contribution >= 4 is 50.7 Å². The summed E-state index contributed by atoms with van der Waals surface area (Å²) in [6.07, 6.45) is 4.77. The summed E-state index contributed by atoms with van der Waals surface area (Å²) in [4.78, 5) is 16.7. The predicted octanol–water partition coefficient (Wildman–Crippen LogP) is 3.42. The van der Waals surface area contributed by atoms with Crippen molar-refractivity contribution in [1.29, 1.82) is 0 Å². The average Bonchev–Trinajstić information content (AvgIpc) is 2.51. The number of fused-ring (bicyclic) bond motifs is 1. The van der Waals surface area contributed by atoms with Gasteiger partial charge in [-0.25, -0.2) is 0 Å². The predicted molar refractivity (Wildman–Crippen MR) is 99.9 cm³/mol. The molecular weight excluding hydrogens is 394 g/mol. The molecular formula is C16H18BrN3O3S. The second kappa shape index (κ2) is 7.85. The van der Waals surface area contributed by atoms with Gasteiger partial charge < -0.3 is 15.3 Å². The van der Waals surface area contributed by atoms with Gasteiger partial charge in [0.25, 0.3) is 5.91 Å². The fraction of sp³-hybridized carbons (Fsp3) is 0.312. The van der Waals surface area contributed by atoms with Gasteiger partial charge in [0.2, 0.25) is 5.44 Å². The third-order valence-corrected chi connectivity index (χ3v) is 4.29. The van der Waals surface area contributed by atoms with E-state index in [1.807, 2.05) is 18.2 Å².